The summed E-state index contributed by atoms with van der Waals surface area (Å²) in [7, 11) is 0. The molecule has 0 aliphatic rings. The molecule has 1 rings (SSSR count). The zero-order valence-electron chi connectivity index (χ0n) is 7.77. The number of rotatable bonds is 5. The maximum Gasteiger partial charge on any atom is 0.256 e. The fourth-order valence-corrected chi connectivity index (χ4v) is 1.11. The number of halogens is 1. The lowest BCUT2D eigenvalue weighted by Gasteiger charge is -2.13. The van der Waals surface area contributed by atoms with Crippen molar-refractivity contribution in [1.82, 2.24) is 0 Å². The zero-order chi connectivity index (χ0) is 10.4. The first kappa shape index (κ1) is 11.0. The van der Waals surface area contributed by atoms with E-state index in [9.17, 15) is 4.79 Å². The average molecular weight is 215 g/mol. The van der Waals surface area contributed by atoms with Crippen LogP contribution in [0.25, 0.3) is 0 Å². The molecule has 0 bridgehead atoms. The van der Waals surface area contributed by atoms with Crippen molar-refractivity contribution in [2.24, 2.45) is 0 Å². The van der Waals surface area contributed by atoms with E-state index in [4.69, 9.17) is 21.1 Å². The van der Waals surface area contributed by atoms with Crippen molar-refractivity contribution in [2.75, 3.05) is 6.61 Å². The second kappa shape index (κ2) is 5.62. The molecular formula is C10H11ClO3. The van der Waals surface area contributed by atoms with E-state index in [2.05, 4.69) is 0 Å². The number of carbonyl (C=O) groups is 1. The van der Waals surface area contributed by atoms with Gasteiger partial charge in [-0.2, -0.15) is 0 Å². The number of hydrogen-bond donors (Lipinski definition) is 0. The topological polar surface area (TPSA) is 35.5 Å². The average Bonchev–Trinajstić information content (AvgIpc) is 2.20. The van der Waals surface area contributed by atoms with Gasteiger partial charge in [0.2, 0.25) is 0 Å². The van der Waals surface area contributed by atoms with Gasteiger partial charge in [0.15, 0.2) is 6.29 Å². The Morgan fingerprint density at radius 3 is 2.79 bits per heavy atom. The van der Waals surface area contributed by atoms with Crippen LogP contribution in [0.2, 0.25) is 5.02 Å². The Morgan fingerprint density at radius 2 is 2.21 bits per heavy atom. The van der Waals surface area contributed by atoms with Gasteiger partial charge < -0.3 is 9.47 Å². The minimum atomic E-state index is -0.889. The first-order valence-corrected chi connectivity index (χ1v) is 4.63. The van der Waals surface area contributed by atoms with Crippen LogP contribution < -0.4 is 4.74 Å². The van der Waals surface area contributed by atoms with Crippen molar-refractivity contribution >= 4 is 17.9 Å². The van der Waals surface area contributed by atoms with E-state index in [1.165, 1.54) is 0 Å². The molecule has 0 spiro atoms. The SMILES string of the molecule is CCOC(C=O)Oc1ccccc1Cl. The summed E-state index contributed by atoms with van der Waals surface area (Å²) in [5.41, 5.74) is 0. The van der Waals surface area contributed by atoms with Gasteiger partial charge in [0, 0.05) is 6.61 Å². The van der Waals surface area contributed by atoms with Crippen LogP contribution in [0.3, 0.4) is 0 Å². The summed E-state index contributed by atoms with van der Waals surface area (Å²) in [5, 5.41) is 0.457. The summed E-state index contributed by atoms with van der Waals surface area (Å²) in [4.78, 5) is 10.5. The number of hydrogen-bond acceptors (Lipinski definition) is 3. The van der Waals surface area contributed by atoms with Gasteiger partial charge in [-0.15, -0.1) is 0 Å². The molecular weight excluding hydrogens is 204 g/mol. The molecule has 1 unspecified atom stereocenters. The van der Waals surface area contributed by atoms with Crippen LogP contribution in [0, 0.1) is 0 Å². The van der Waals surface area contributed by atoms with E-state index in [1.54, 1.807) is 31.2 Å². The Bertz CT molecular complexity index is 301. The van der Waals surface area contributed by atoms with Gasteiger partial charge >= 0.3 is 0 Å². The van der Waals surface area contributed by atoms with E-state index >= 15 is 0 Å². The largest absolute Gasteiger partial charge is 0.456 e. The van der Waals surface area contributed by atoms with Crippen LogP contribution in [-0.2, 0) is 9.53 Å². The normalized spacial score (nSPS) is 12.1. The lowest BCUT2D eigenvalue weighted by Crippen LogP contribution is -2.22. The number of benzene rings is 1. The monoisotopic (exact) mass is 214 g/mol. The quantitative estimate of drug-likeness (QED) is 0.557. The number of para-hydroxylation sites is 1. The van der Waals surface area contributed by atoms with E-state index in [-0.39, 0.29) is 0 Å². The summed E-state index contributed by atoms with van der Waals surface area (Å²) < 4.78 is 10.2. The molecule has 0 aliphatic heterocycles. The maximum atomic E-state index is 10.5. The Labute approximate surface area is 87.6 Å². The summed E-state index contributed by atoms with van der Waals surface area (Å²) in [6, 6.07) is 6.92. The number of aldehydes is 1. The van der Waals surface area contributed by atoms with Gasteiger partial charge in [-0.3, -0.25) is 4.79 Å². The smallest absolute Gasteiger partial charge is 0.256 e. The van der Waals surface area contributed by atoms with Gasteiger partial charge in [0.25, 0.3) is 6.29 Å². The molecule has 1 aromatic carbocycles. The first-order chi connectivity index (χ1) is 6.77. The lowest BCUT2D eigenvalue weighted by atomic mass is 10.3. The second-order valence-corrected chi connectivity index (χ2v) is 2.92. The molecule has 0 amide bonds. The van der Waals surface area contributed by atoms with Crippen molar-refractivity contribution in [3.8, 4) is 5.75 Å². The minimum absolute atomic E-state index is 0.411. The third-order valence-corrected chi connectivity index (χ3v) is 1.83. The molecule has 0 aromatic heterocycles. The molecule has 3 nitrogen and oxygen atoms in total. The van der Waals surface area contributed by atoms with Crippen LogP contribution in [-0.4, -0.2) is 19.2 Å². The summed E-state index contributed by atoms with van der Waals surface area (Å²) >= 11 is 5.83. The zero-order valence-corrected chi connectivity index (χ0v) is 8.53. The predicted molar refractivity (Wildman–Crippen MR) is 53.6 cm³/mol. The highest BCUT2D eigenvalue weighted by Crippen LogP contribution is 2.23. The molecule has 1 atom stereocenters. The summed E-state index contributed by atoms with van der Waals surface area (Å²) in [6.45, 7) is 2.19. The molecule has 1 aromatic rings. The molecule has 0 fully saturated rings. The van der Waals surface area contributed by atoms with Crippen molar-refractivity contribution in [2.45, 2.75) is 13.2 Å². The number of carbonyl (C=O) groups excluding carboxylic acids is 1. The van der Waals surface area contributed by atoms with Crippen molar-refractivity contribution in [3.63, 3.8) is 0 Å². The first-order valence-electron chi connectivity index (χ1n) is 4.26. The van der Waals surface area contributed by atoms with Crippen LogP contribution in [0.15, 0.2) is 24.3 Å². The highest BCUT2D eigenvalue weighted by atomic mass is 35.5. The van der Waals surface area contributed by atoms with Crippen LogP contribution in [0.5, 0.6) is 5.75 Å². The molecule has 4 heteroatoms. The van der Waals surface area contributed by atoms with Gasteiger partial charge in [-0.05, 0) is 19.1 Å². The Kier molecular flexibility index (Phi) is 4.43. The second-order valence-electron chi connectivity index (χ2n) is 2.51. The van der Waals surface area contributed by atoms with Crippen LogP contribution in [0.4, 0.5) is 0 Å². The Morgan fingerprint density at radius 1 is 1.50 bits per heavy atom. The fraction of sp³-hybridized carbons (Fsp3) is 0.300. The molecule has 0 N–H and O–H groups in total. The molecule has 76 valence electrons. The molecule has 0 saturated heterocycles. The van der Waals surface area contributed by atoms with Crippen LogP contribution >= 0.6 is 11.6 Å². The highest BCUT2D eigenvalue weighted by Gasteiger charge is 2.09. The van der Waals surface area contributed by atoms with Crippen molar-refractivity contribution in [3.05, 3.63) is 29.3 Å². The third-order valence-electron chi connectivity index (χ3n) is 1.52. The number of ether oxygens (including phenoxy) is 2. The standard InChI is InChI=1S/C10H11ClO3/c1-2-13-10(7-12)14-9-6-4-3-5-8(9)11/h3-7,10H,2H2,1H3. The van der Waals surface area contributed by atoms with E-state index in [0.29, 0.717) is 23.7 Å². The molecule has 0 radical (unpaired) electrons. The van der Waals surface area contributed by atoms with E-state index < -0.39 is 6.29 Å². The highest BCUT2D eigenvalue weighted by molar-refractivity contribution is 6.32. The van der Waals surface area contributed by atoms with E-state index in [1.807, 2.05) is 0 Å². The molecule has 14 heavy (non-hydrogen) atoms. The molecule has 0 saturated carbocycles. The Balaban J connectivity index is 2.66. The van der Waals surface area contributed by atoms with Crippen molar-refractivity contribution < 1.29 is 14.3 Å². The maximum absolute atomic E-state index is 10.5. The van der Waals surface area contributed by atoms with Crippen LogP contribution in [0.1, 0.15) is 6.92 Å². The molecule has 0 heterocycles. The summed E-state index contributed by atoms with van der Waals surface area (Å²) in [5.74, 6) is 0.444. The predicted octanol–water partition coefficient (Wildman–Crippen LogP) is 2.28. The Hall–Kier alpha value is -1.06. The van der Waals surface area contributed by atoms with Gasteiger partial charge in [0.1, 0.15) is 5.75 Å². The fourth-order valence-electron chi connectivity index (χ4n) is 0.931. The third kappa shape index (κ3) is 3.01. The minimum Gasteiger partial charge on any atom is -0.456 e. The summed E-state index contributed by atoms with van der Waals surface area (Å²) in [6.07, 6.45) is -0.299. The van der Waals surface area contributed by atoms with Crippen molar-refractivity contribution in [1.29, 1.82) is 0 Å². The molecule has 0 aliphatic carbocycles. The lowest BCUT2D eigenvalue weighted by molar-refractivity contribution is -0.136. The van der Waals surface area contributed by atoms with E-state index in [0.717, 1.165) is 0 Å². The van der Waals surface area contributed by atoms with Gasteiger partial charge in [-0.1, -0.05) is 23.7 Å². The van der Waals surface area contributed by atoms with Gasteiger partial charge in [-0.25, -0.2) is 0 Å². The van der Waals surface area contributed by atoms with Gasteiger partial charge in [0.05, 0.1) is 5.02 Å².